The molecule has 28 heavy (non-hydrogen) atoms. The Hall–Kier alpha value is -2.47. The van der Waals surface area contributed by atoms with Crippen LogP contribution in [0.2, 0.25) is 0 Å². The van der Waals surface area contributed by atoms with E-state index in [9.17, 15) is 4.79 Å². The number of ketones is 1. The Labute approximate surface area is 167 Å². The molecular weight excluding hydrogens is 360 g/mol. The molecule has 0 radical (unpaired) electrons. The van der Waals surface area contributed by atoms with E-state index in [1.54, 1.807) is 27.4 Å². The van der Waals surface area contributed by atoms with Gasteiger partial charge in [-0.25, -0.2) is 0 Å². The Balaban J connectivity index is 2.10. The summed E-state index contributed by atoms with van der Waals surface area (Å²) in [6.07, 6.45) is 5.67. The monoisotopic (exact) mass is 389 g/mol. The first-order valence-electron chi connectivity index (χ1n) is 9.99. The van der Waals surface area contributed by atoms with Crippen LogP contribution in [0.1, 0.15) is 25.3 Å². The molecule has 1 saturated heterocycles. The summed E-state index contributed by atoms with van der Waals surface area (Å²) in [6.45, 7) is -0.427. The number of hydrogen-bond donors (Lipinski definition) is 0. The van der Waals surface area contributed by atoms with Gasteiger partial charge in [0.05, 0.1) is 28.4 Å². The largest absolute Gasteiger partial charge is 0.493 e. The van der Waals surface area contributed by atoms with Crippen molar-refractivity contribution < 1.29 is 25.1 Å². The second kappa shape index (κ2) is 6.85. The topological polar surface area (TPSA) is 57.2 Å². The van der Waals surface area contributed by atoms with Crippen LogP contribution in [-0.4, -0.2) is 58.7 Å². The summed E-state index contributed by atoms with van der Waals surface area (Å²) < 4.78 is 31.3. The highest BCUT2D eigenvalue weighted by Crippen LogP contribution is 2.56. The lowest BCUT2D eigenvalue weighted by molar-refractivity contribution is -0.114. The number of fused-ring (bicyclic) bond motifs is 1. The van der Waals surface area contributed by atoms with Gasteiger partial charge in [-0.3, -0.25) is 9.69 Å². The van der Waals surface area contributed by atoms with Gasteiger partial charge in [-0.05, 0) is 62.2 Å². The van der Waals surface area contributed by atoms with Crippen LogP contribution >= 0.6 is 0 Å². The fourth-order valence-corrected chi connectivity index (χ4v) is 4.95. The first kappa shape index (κ1) is 17.6. The summed E-state index contributed by atoms with van der Waals surface area (Å²) in [6, 6.07) is 1.98. The van der Waals surface area contributed by atoms with Crippen LogP contribution in [0.5, 0.6) is 17.2 Å². The number of allylic oxidation sites excluding steroid dienone is 2. The molecule has 3 aliphatic rings. The molecule has 1 heterocycles. The number of likely N-dealkylation sites (tertiary alicyclic amines) is 1. The standard InChI is InChI=1S/C22H27NO5/c1-23-9-8-22-12-18(26-3)16(24)11-14(22)15(23)7-6-13-10-17(25-2)20(27-4)21(28-5)19(13)22/h10-12,15H,6-9H2,1-5H3/t15-,22?/m0/s1/i9+2T/t9-,15-,22?. The fraction of sp³-hybridized carbons (Fsp3) is 0.500. The lowest BCUT2D eigenvalue weighted by Gasteiger charge is -2.47. The second-order valence-electron chi connectivity index (χ2n) is 7.43. The second-order valence-corrected chi connectivity index (χ2v) is 7.43. The van der Waals surface area contributed by atoms with Crippen molar-refractivity contribution >= 4 is 5.78 Å². The highest BCUT2D eigenvalue weighted by Gasteiger charge is 2.51. The smallest absolute Gasteiger partial charge is 0.220 e. The van der Waals surface area contributed by atoms with Crippen LogP contribution in [0.15, 0.2) is 29.6 Å². The lowest BCUT2D eigenvalue weighted by Crippen LogP contribution is -2.49. The summed E-state index contributed by atoms with van der Waals surface area (Å²) in [4.78, 5) is 14.7. The van der Waals surface area contributed by atoms with Crippen LogP contribution in [0.3, 0.4) is 0 Å². The van der Waals surface area contributed by atoms with E-state index < -0.39 is 11.9 Å². The molecule has 2 bridgehead atoms. The zero-order valence-corrected chi connectivity index (χ0v) is 17.0. The van der Waals surface area contributed by atoms with Gasteiger partial charge in [0.25, 0.3) is 0 Å². The first-order chi connectivity index (χ1) is 13.9. The molecule has 6 heteroatoms. The van der Waals surface area contributed by atoms with Gasteiger partial charge in [0.15, 0.2) is 17.3 Å². The van der Waals surface area contributed by atoms with E-state index in [1.165, 1.54) is 7.11 Å². The number of hydrogen-bond acceptors (Lipinski definition) is 6. The van der Waals surface area contributed by atoms with E-state index >= 15 is 0 Å². The molecule has 1 aromatic carbocycles. The van der Waals surface area contributed by atoms with Crippen molar-refractivity contribution in [1.82, 2.24) is 4.90 Å². The number of ether oxygens (including phenoxy) is 4. The summed E-state index contributed by atoms with van der Waals surface area (Å²) in [5.41, 5.74) is 2.35. The summed E-state index contributed by atoms with van der Waals surface area (Å²) in [5.74, 6) is 1.88. The van der Waals surface area contributed by atoms with E-state index in [2.05, 4.69) is 4.90 Å². The highest BCUT2D eigenvalue weighted by atomic mass is 16.5. The minimum Gasteiger partial charge on any atom is -0.493 e. The van der Waals surface area contributed by atoms with Crippen molar-refractivity contribution in [3.8, 4) is 17.2 Å². The molecule has 6 nitrogen and oxygen atoms in total. The summed E-state index contributed by atoms with van der Waals surface area (Å²) >= 11 is 0. The van der Waals surface area contributed by atoms with Gasteiger partial charge in [0.2, 0.25) is 11.5 Å². The minimum atomic E-state index is -0.667. The molecule has 3 atom stereocenters. The van der Waals surface area contributed by atoms with E-state index in [-0.39, 0.29) is 11.8 Å². The number of carbonyl (C=O) groups excluding carboxylic acids is 1. The van der Waals surface area contributed by atoms with Crippen LogP contribution in [-0.2, 0) is 21.4 Å². The van der Waals surface area contributed by atoms with Gasteiger partial charge in [-0.1, -0.05) is 0 Å². The van der Waals surface area contributed by atoms with Crippen molar-refractivity contribution in [2.24, 2.45) is 0 Å². The SMILES string of the molecule is [3H][14C@H]1CC23C=C(OC)C(=O)C=C2[C@H](CCc2cc(OC)c(OC)c(OC)c23)N1C. The first-order valence-corrected chi connectivity index (χ1v) is 9.41. The zero-order chi connectivity index (χ0) is 20.9. The van der Waals surface area contributed by atoms with Gasteiger partial charge >= 0.3 is 0 Å². The van der Waals surface area contributed by atoms with Crippen LogP contribution in [0.4, 0.5) is 0 Å². The van der Waals surface area contributed by atoms with Gasteiger partial charge in [-0.15, -0.1) is 0 Å². The van der Waals surface area contributed by atoms with Crippen molar-refractivity contribution in [2.75, 3.05) is 42.0 Å². The number of rotatable bonds is 4. The number of benzene rings is 1. The fourth-order valence-electron chi connectivity index (χ4n) is 4.95. The predicted molar refractivity (Wildman–Crippen MR) is 105 cm³/mol. The highest BCUT2D eigenvalue weighted by molar-refractivity contribution is 6.05. The zero-order valence-electron chi connectivity index (χ0n) is 18.0. The van der Waals surface area contributed by atoms with Gasteiger partial charge in [0, 0.05) is 18.4 Å². The lowest BCUT2D eigenvalue weighted by atomic mass is 9.67. The maximum absolute atomic E-state index is 12.7. The van der Waals surface area contributed by atoms with Gasteiger partial charge in [0.1, 0.15) is 0 Å². The Morgan fingerprint density at radius 3 is 2.57 bits per heavy atom. The average Bonchev–Trinajstić information content (AvgIpc) is 2.82. The molecule has 0 spiro atoms. The molecule has 150 valence electrons. The molecule has 4 rings (SSSR count). The molecule has 1 unspecified atom stereocenters. The Kier molecular flexibility index (Phi) is 4.31. The number of piperidine rings is 1. The van der Waals surface area contributed by atoms with Crippen molar-refractivity contribution in [3.05, 3.63) is 40.7 Å². The van der Waals surface area contributed by atoms with Crippen LogP contribution in [0, 0.1) is 0 Å². The number of methoxy groups -OCH3 is 4. The quantitative estimate of drug-likeness (QED) is 0.789. The molecule has 1 fully saturated rings. The number of carbonyl (C=O) groups is 1. The van der Waals surface area contributed by atoms with E-state index in [4.69, 9.17) is 20.3 Å². The Morgan fingerprint density at radius 2 is 1.93 bits per heavy atom. The van der Waals surface area contributed by atoms with Crippen LogP contribution in [0.25, 0.3) is 0 Å². The summed E-state index contributed by atoms with van der Waals surface area (Å²) in [7, 11) is 8.28. The normalized spacial score (nSPS) is 29.5. The average molecular weight is 389 g/mol. The number of nitrogens with zero attached hydrogens (tertiary/aromatic N) is 1. The van der Waals surface area contributed by atoms with Crippen molar-refractivity contribution in [3.63, 3.8) is 0 Å². The van der Waals surface area contributed by atoms with E-state index in [1.807, 2.05) is 19.2 Å². The third kappa shape index (κ3) is 2.47. The van der Waals surface area contributed by atoms with Crippen molar-refractivity contribution in [2.45, 2.75) is 30.7 Å². The summed E-state index contributed by atoms with van der Waals surface area (Å²) in [5, 5.41) is 0. The third-order valence-electron chi connectivity index (χ3n) is 6.24. The van der Waals surface area contributed by atoms with Gasteiger partial charge in [-0.2, -0.15) is 0 Å². The molecule has 2 aliphatic carbocycles. The molecule has 0 N–H and O–H groups in total. The van der Waals surface area contributed by atoms with E-state index in [0.29, 0.717) is 29.4 Å². The molecular formula is C22H27NO5. The molecule has 1 aromatic rings. The minimum absolute atomic E-state index is 0.0149. The molecule has 0 amide bonds. The predicted octanol–water partition coefficient (Wildman–Crippen LogP) is 2.64. The van der Waals surface area contributed by atoms with E-state index in [0.717, 1.165) is 29.5 Å². The van der Waals surface area contributed by atoms with Gasteiger partial charge < -0.3 is 18.9 Å². The third-order valence-corrected chi connectivity index (χ3v) is 6.24. The molecule has 1 aliphatic heterocycles. The van der Waals surface area contributed by atoms with Crippen LogP contribution < -0.4 is 14.2 Å². The maximum atomic E-state index is 12.7. The van der Waals surface area contributed by atoms with Crippen molar-refractivity contribution in [1.29, 1.82) is 0 Å². The molecule has 0 aromatic heterocycles. The molecule has 0 saturated carbocycles. The number of aryl methyl sites for hydroxylation is 1. The Morgan fingerprint density at radius 1 is 1.18 bits per heavy atom. The maximum Gasteiger partial charge on any atom is 0.220 e. The Bertz CT molecular complexity index is 924. The number of likely N-dealkylation sites (N-methyl/N-ethyl adjacent to an activating group) is 1.